The van der Waals surface area contributed by atoms with E-state index in [2.05, 4.69) is 20.3 Å². The molecule has 0 spiro atoms. The van der Waals surface area contributed by atoms with Gasteiger partial charge in [-0.25, -0.2) is 9.97 Å². The number of nitrogens with one attached hydrogen (secondary N) is 2. The lowest BCUT2D eigenvalue weighted by Crippen LogP contribution is -2.51. The van der Waals surface area contributed by atoms with Crippen molar-refractivity contribution in [2.24, 2.45) is 0 Å². The number of carbonyl (C=O) groups excluding carboxylic acids is 1. The molecule has 1 aromatic carbocycles. The first-order valence-electron chi connectivity index (χ1n) is 8.62. The molecular formula is C19H20N4O3. The molecule has 1 fully saturated rings. The quantitative estimate of drug-likeness (QED) is 0.752. The van der Waals surface area contributed by atoms with Crippen molar-refractivity contribution < 1.29 is 14.3 Å². The van der Waals surface area contributed by atoms with E-state index in [0.717, 1.165) is 16.6 Å². The summed E-state index contributed by atoms with van der Waals surface area (Å²) in [4.78, 5) is 24.3. The molecular weight excluding hydrogens is 332 g/mol. The molecule has 7 heteroatoms. The van der Waals surface area contributed by atoms with Crippen LogP contribution < -0.4 is 10.1 Å². The molecule has 0 bridgehead atoms. The van der Waals surface area contributed by atoms with Crippen molar-refractivity contribution in [2.75, 3.05) is 13.2 Å². The van der Waals surface area contributed by atoms with Gasteiger partial charge in [-0.1, -0.05) is 12.1 Å². The van der Waals surface area contributed by atoms with Gasteiger partial charge < -0.3 is 19.8 Å². The van der Waals surface area contributed by atoms with E-state index < -0.39 is 0 Å². The molecule has 0 radical (unpaired) electrons. The van der Waals surface area contributed by atoms with Crippen molar-refractivity contribution in [3.8, 4) is 5.88 Å². The number of pyridine rings is 1. The monoisotopic (exact) mass is 352 g/mol. The van der Waals surface area contributed by atoms with Crippen molar-refractivity contribution in [2.45, 2.75) is 25.5 Å². The van der Waals surface area contributed by atoms with Crippen LogP contribution in [-0.4, -0.2) is 46.2 Å². The zero-order valence-corrected chi connectivity index (χ0v) is 14.4. The highest BCUT2D eigenvalue weighted by Crippen LogP contribution is 2.17. The fourth-order valence-electron chi connectivity index (χ4n) is 3.03. The van der Waals surface area contributed by atoms with Crippen LogP contribution in [-0.2, 0) is 4.74 Å². The summed E-state index contributed by atoms with van der Waals surface area (Å²) in [6.07, 6.45) is 2.04. The van der Waals surface area contributed by atoms with Gasteiger partial charge in [-0.05, 0) is 37.1 Å². The number of carbonyl (C=O) groups is 1. The van der Waals surface area contributed by atoms with Gasteiger partial charge in [0.2, 0.25) is 5.88 Å². The van der Waals surface area contributed by atoms with Gasteiger partial charge in [-0.2, -0.15) is 0 Å². The molecule has 1 amide bonds. The third-order valence-corrected chi connectivity index (χ3v) is 4.38. The summed E-state index contributed by atoms with van der Waals surface area (Å²) in [5.41, 5.74) is 2.73. The minimum atomic E-state index is -0.297. The Morgan fingerprint density at radius 2 is 2.27 bits per heavy atom. The summed E-state index contributed by atoms with van der Waals surface area (Å²) < 4.78 is 11.4. The first kappa shape index (κ1) is 16.5. The molecule has 2 N–H and O–H groups in total. The average molecular weight is 352 g/mol. The maximum atomic E-state index is 12.6. The lowest BCUT2D eigenvalue weighted by atomic mass is 10.1. The Balaban J connectivity index is 1.48. The number of benzene rings is 1. The summed E-state index contributed by atoms with van der Waals surface area (Å²) in [7, 11) is 0. The van der Waals surface area contributed by atoms with E-state index in [1.54, 1.807) is 12.3 Å². The van der Waals surface area contributed by atoms with Crippen LogP contribution in [0.25, 0.3) is 11.0 Å². The number of imidazole rings is 1. The number of nitrogens with zero attached hydrogens (tertiary/aromatic N) is 2. The van der Waals surface area contributed by atoms with Crippen LogP contribution in [0, 0.1) is 6.92 Å². The third-order valence-electron chi connectivity index (χ3n) is 4.38. The van der Waals surface area contributed by atoms with E-state index in [9.17, 15) is 4.79 Å². The van der Waals surface area contributed by atoms with Crippen LogP contribution in [0.2, 0.25) is 0 Å². The number of H-pyrrole nitrogens is 1. The predicted molar refractivity (Wildman–Crippen MR) is 96.2 cm³/mol. The largest absolute Gasteiger partial charge is 0.470 e. The molecule has 1 aliphatic rings. The van der Waals surface area contributed by atoms with Crippen LogP contribution >= 0.6 is 0 Å². The van der Waals surface area contributed by atoms with Gasteiger partial charge in [-0.3, -0.25) is 4.79 Å². The topological polar surface area (TPSA) is 89.1 Å². The Labute approximate surface area is 150 Å². The molecule has 1 aliphatic heterocycles. The minimum Gasteiger partial charge on any atom is -0.470 e. The number of fused-ring (bicyclic) bond motifs is 1. The number of rotatable bonds is 4. The van der Waals surface area contributed by atoms with Crippen molar-refractivity contribution >= 4 is 16.9 Å². The lowest BCUT2D eigenvalue weighted by Gasteiger charge is -2.31. The van der Waals surface area contributed by atoms with E-state index in [4.69, 9.17) is 9.47 Å². The SMILES string of the molecule is Cc1ccc2nc(C(=O)N[C@@H]3CCOC[C@H]3Oc3ccccn3)[nH]c2c1. The smallest absolute Gasteiger partial charge is 0.287 e. The Hall–Kier alpha value is -2.93. The van der Waals surface area contributed by atoms with E-state index >= 15 is 0 Å². The second kappa shape index (κ2) is 7.13. The fraction of sp³-hybridized carbons (Fsp3) is 0.316. The Morgan fingerprint density at radius 1 is 1.35 bits per heavy atom. The zero-order valence-electron chi connectivity index (χ0n) is 14.4. The van der Waals surface area contributed by atoms with E-state index in [1.807, 2.05) is 37.3 Å². The fourth-order valence-corrected chi connectivity index (χ4v) is 3.03. The van der Waals surface area contributed by atoms with Gasteiger partial charge in [0.15, 0.2) is 5.82 Å². The van der Waals surface area contributed by atoms with Crippen LogP contribution in [0.1, 0.15) is 22.6 Å². The second-order valence-corrected chi connectivity index (χ2v) is 6.37. The molecule has 26 heavy (non-hydrogen) atoms. The van der Waals surface area contributed by atoms with Crippen molar-refractivity contribution in [3.05, 3.63) is 54.0 Å². The number of ether oxygens (including phenoxy) is 2. The van der Waals surface area contributed by atoms with E-state index in [0.29, 0.717) is 31.3 Å². The summed E-state index contributed by atoms with van der Waals surface area (Å²) in [6.45, 7) is 2.98. The van der Waals surface area contributed by atoms with Gasteiger partial charge in [-0.15, -0.1) is 0 Å². The molecule has 3 aromatic rings. The van der Waals surface area contributed by atoms with Gasteiger partial charge >= 0.3 is 0 Å². The van der Waals surface area contributed by atoms with Crippen LogP contribution in [0.4, 0.5) is 0 Å². The predicted octanol–water partition coefficient (Wildman–Crippen LogP) is 2.23. The number of aromatic amines is 1. The summed E-state index contributed by atoms with van der Waals surface area (Å²) in [6, 6.07) is 11.1. The Kier molecular flexibility index (Phi) is 4.53. The Bertz CT molecular complexity index is 910. The second-order valence-electron chi connectivity index (χ2n) is 6.37. The van der Waals surface area contributed by atoms with Crippen LogP contribution in [0.3, 0.4) is 0 Å². The summed E-state index contributed by atoms with van der Waals surface area (Å²) in [5.74, 6) is 0.565. The molecule has 134 valence electrons. The van der Waals surface area contributed by atoms with Crippen molar-refractivity contribution in [3.63, 3.8) is 0 Å². The number of hydrogen-bond acceptors (Lipinski definition) is 5. The molecule has 0 saturated carbocycles. The van der Waals surface area contributed by atoms with Crippen LogP contribution in [0.15, 0.2) is 42.6 Å². The molecule has 2 aromatic heterocycles. The highest BCUT2D eigenvalue weighted by molar-refractivity contribution is 5.94. The zero-order chi connectivity index (χ0) is 17.9. The van der Waals surface area contributed by atoms with Gasteiger partial charge in [0, 0.05) is 18.9 Å². The standard InChI is InChI=1S/C19H20N4O3/c1-12-5-6-13-15(10-12)22-18(21-13)19(24)23-14-7-9-25-11-16(14)26-17-4-2-3-8-20-17/h2-6,8,10,14,16H,7,9,11H2,1H3,(H,21,22)(H,23,24)/t14-,16-/m1/s1. The highest BCUT2D eigenvalue weighted by Gasteiger charge is 2.30. The summed E-state index contributed by atoms with van der Waals surface area (Å²) in [5, 5.41) is 3.02. The minimum absolute atomic E-state index is 0.173. The van der Waals surface area contributed by atoms with E-state index in [1.165, 1.54) is 0 Å². The molecule has 4 rings (SSSR count). The maximum absolute atomic E-state index is 12.6. The van der Waals surface area contributed by atoms with Crippen molar-refractivity contribution in [1.82, 2.24) is 20.3 Å². The lowest BCUT2D eigenvalue weighted by molar-refractivity contribution is -0.0153. The molecule has 7 nitrogen and oxygen atoms in total. The first-order valence-corrected chi connectivity index (χ1v) is 8.62. The Morgan fingerprint density at radius 3 is 3.12 bits per heavy atom. The maximum Gasteiger partial charge on any atom is 0.287 e. The molecule has 1 saturated heterocycles. The highest BCUT2D eigenvalue weighted by atomic mass is 16.5. The van der Waals surface area contributed by atoms with E-state index in [-0.39, 0.29) is 18.1 Å². The molecule has 3 heterocycles. The van der Waals surface area contributed by atoms with Gasteiger partial charge in [0.05, 0.1) is 23.7 Å². The van der Waals surface area contributed by atoms with Crippen LogP contribution in [0.5, 0.6) is 5.88 Å². The number of aryl methyl sites for hydroxylation is 1. The molecule has 0 aliphatic carbocycles. The number of amides is 1. The van der Waals surface area contributed by atoms with Crippen molar-refractivity contribution in [1.29, 1.82) is 0 Å². The van der Waals surface area contributed by atoms with Gasteiger partial charge in [0.1, 0.15) is 6.10 Å². The molecule has 0 unspecified atom stereocenters. The number of hydrogen-bond donors (Lipinski definition) is 2. The summed E-state index contributed by atoms with van der Waals surface area (Å²) >= 11 is 0. The number of aromatic nitrogens is 3. The normalized spacial score (nSPS) is 20.0. The average Bonchev–Trinajstić information content (AvgIpc) is 3.07. The third kappa shape index (κ3) is 3.52. The first-order chi connectivity index (χ1) is 12.7. The van der Waals surface area contributed by atoms with Gasteiger partial charge in [0.25, 0.3) is 5.91 Å². The molecule has 2 atom stereocenters.